The number of amides is 1. The summed E-state index contributed by atoms with van der Waals surface area (Å²) in [6.07, 6.45) is 1.40. The number of benzene rings is 2. The van der Waals surface area contributed by atoms with Gasteiger partial charge in [-0.15, -0.1) is 0 Å². The molecule has 0 aliphatic rings. The van der Waals surface area contributed by atoms with Crippen LogP contribution in [0.3, 0.4) is 0 Å². The van der Waals surface area contributed by atoms with Crippen molar-refractivity contribution >= 4 is 23.1 Å². The molecule has 132 valence electrons. The minimum Gasteiger partial charge on any atom is -0.495 e. The van der Waals surface area contributed by atoms with Crippen molar-refractivity contribution in [3.63, 3.8) is 0 Å². The van der Waals surface area contributed by atoms with Crippen LogP contribution in [0.5, 0.6) is 5.75 Å². The standard InChI is InChI=1S/C20H20N4O2/c1-3-24(15-9-5-4-6-10-15)19-13-17(21-14-22-19)20(25)23-16-11-7-8-12-18(16)26-2/h4-14H,3H2,1-2H3,(H,23,25). The highest BCUT2D eigenvalue weighted by Crippen LogP contribution is 2.25. The van der Waals surface area contributed by atoms with Crippen LogP contribution in [-0.2, 0) is 0 Å². The number of aromatic nitrogens is 2. The fourth-order valence-corrected chi connectivity index (χ4v) is 2.64. The molecule has 0 saturated carbocycles. The smallest absolute Gasteiger partial charge is 0.274 e. The fraction of sp³-hybridized carbons (Fsp3) is 0.150. The summed E-state index contributed by atoms with van der Waals surface area (Å²) < 4.78 is 5.26. The number of hydrogen-bond donors (Lipinski definition) is 1. The first-order valence-electron chi connectivity index (χ1n) is 8.32. The lowest BCUT2D eigenvalue weighted by atomic mass is 10.2. The monoisotopic (exact) mass is 348 g/mol. The zero-order valence-electron chi connectivity index (χ0n) is 14.7. The molecule has 6 nitrogen and oxygen atoms in total. The molecule has 0 aliphatic carbocycles. The number of anilines is 3. The molecule has 0 aliphatic heterocycles. The number of carbonyl (C=O) groups is 1. The average Bonchev–Trinajstić information content (AvgIpc) is 2.70. The van der Waals surface area contributed by atoms with E-state index in [1.807, 2.05) is 54.3 Å². The van der Waals surface area contributed by atoms with Crippen molar-refractivity contribution in [3.05, 3.63) is 72.7 Å². The normalized spacial score (nSPS) is 10.2. The van der Waals surface area contributed by atoms with Gasteiger partial charge in [-0.3, -0.25) is 4.79 Å². The molecule has 0 radical (unpaired) electrons. The molecule has 0 spiro atoms. The van der Waals surface area contributed by atoms with Gasteiger partial charge in [-0.2, -0.15) is 0 Å². The summed E-state index contributed by atoms with van der Waals surface area (Å²) in [5, 5.41) is 2.83. The second-order valence-corrected chi connectivity index (χ2v) is 5.50. The fourth-order valence-electron chi connectivity index (χ4n) is 2.64. The highest BCUT2D eigenvalue weighted by Gasteiger charge is 2.15. The number of nitrogens with zero attached hydrogens (tertiary/aromatic N) is 3. The van der Waals surface area contributed by atoms with E-state index >= 15 is 0 Å². The molecule has 0 unspecified atom stereocenters. The molecule has 6 heteroatoms. The van der Waals surface area contributed by atoms with Crippen LogP contribution >= 0.6 is 0 Å². The summed E-state index contributed by atoms with van der Waals surface area (Å²) in [6, 6.07) is 18.8. The van der Waals surface area contributed by atoms with Crippen LogP contribution in [0.4, 0.5) is 17.2 Å². The van der Waals surface area contributed by atoms with Crippen LogP contribution in [0, 0.1) is 0 Å². The van der Waals surface area contributed by atoms with Crippen molar-refractivity contribution in [2.24, 2.45) is 0 Å². The maximum absolute atomic E-state index is 12.6. The number of rotatable bonds is 6. The van der Waals surface area contributed by atoms with Crippen LogP contribution in [0.25, 0.3) is 0 Å². The van der Waals surface area contributed by atoms with E-state index in [0.29, 0.717) is 23.8 Å². The Hall–Kier alpha value is -3.41. The van der Waals surface area contributed by atoms with Crippen LogP contribution in [0.15, 0.2) is 67.0 Å². The molecule has 2 aromatic carbocycles. The van der Waals surface area contributed by atoms with E-state index in [-0.39, 0.29) is 11.6 Å². The van der Waals surface area contributed by atoms with Crippen LogP contribution in [-0.4, -0.2) is 29.5 Å². The second-order valence-electron chi connectivity index (χ2n) is 5.50. The van der Waals surface area contributed by atoms with Crippen molar-refractivity contribution in [2.75, 3.05) is 23.9 Å². The van der Waals surface area contributed by atoms with Crippen molar-refractivity contribution < 1.29 is 9.53 Å². The Morgan fingerprint density at radius 3 is 2.54 bits per heavy atom. The van der Waals surface area contributed by atoms with Crippen molar-refractivity contribution in [3.8, 4) is 5.75 Å². The Morgan fingerprint density at radius 1 is 1.08 bits per heavy atom. The molecule has 0 bridgehead atoms. The summed E-state index contributed by atoms with van der Waals surface area (Å²) in [6.45, 7) is 2.75. The first-order chi connectivity index (χ1) is 12.7. The first kappa shape index (κ1) is 17.4. The summed E-state index contributed by atoms with van der Waals surface area (Å²) >= 11 is 0. The minimum absolute atomic E-state index is 0.287. The largest absolute Gasteiger partial charge is 0.495 e. The van der Waals surface area contributed by atoms with Gasteiger partial charge < -0.3 is 15.0 Å². The Bertz CT molecular complexity index is 884. The van der Waals surface area contributed by atoms with Crippen LogP contribution < -0.4 is 15.0 Å². The molecule has 26 heavy (non-hydrogen) atoms. The zero-order chi connectivity index (χ0) is 18.4. The molecule has 3 aromatic rings. The third kappa shape index (κ3) is 3.80. The van der Waals surface area contributed by atoms with Gasteiger partial charge in [0.15, 0.2) is 0 Å². The Labute approximate surface area is 152 Å². The molecular formula is C20H20N4O2. The van der Waals surface area contributed by atoms with E-state index < -0.39 is 0 Å². The summed E-state index contributed by atoms with van der Waals surface area (Å²) in [5.41, 5.74) is 1.88. The molecule has 1 amide bonds. The Morgan fingerprint density at radius 2 is 1.81 bits per heavy atom. The van der Waals surface area contributed by atoms with Crippen LogP contribution in [0.2, 0.25) is 0 Å². The number of ether oxygens (including phenoxy) is 1. The lowest BCUT2D eigenvalue weighted by Gasteiger charge is -2.22. The first-order valence-corrected chi connectivity index (χ1v) is 8.32. The Balaban J connectivity index is 1.85. The summed E-state index contributed by atoms with van der Waals surface area (Å²) in [7, 11) is 1.56. The Kier molecular flexibility index (Phi) is 5.43. The average molecular weight is 348 g/mol. The van der Waals surface area contributed by atoms with Crippen molar-refractivity contribution in [1.82, 2.24) is 9.97 Å². The second kappa shape index (κ2) is 8.11. The topological polar surface area (TPSA) is 67.4 Å². The molecule has 0 atom stereocenters. The van der Waals surface area contributed by atoms with Crippen molar-refractivity contribution in [1.29, 1.82) is 0 Å². The lowest BCUT2D eigenvalue weighted by molar-refractivity contribution is 0.102. The van der Waals surface area contributed by atoms with E-state index in [9.17, 15) is 4.79 Å². The third-order valence-corrected chi connectivity index (χ3v) is 3.90. The maximum Gasteiger partial charge on any atom is 0.274 e. The van der Waals surface area contributed by atoms with Gasteiger partial charge in [0.1, 0.15) is 23.6 Å². The highest BCUT2D eigenvalue weighted by molar-refractivity contribution is 6.04. The van der Waals surface area contributed by atoms with Gasteiger partial charge in [0.2, 0.25) is 0 Å². The third-order valence-electron chi connectivity index (χ3n) is 3.90. The van der Waals surface area contributed by atoms with Crippen LogP contribution in [0.1, 0.15) is 17.4 Å². The zero-order valence-corrected chi connectivity index (χ0v) is 14.7. The summed E-state index contributed by atoms with van der Waals surface area (Å²) in [5.74, 6) is 0.941. The molecule has 0 saturated heterocycles. The van der Waals surface area contributed by atoms with Gasteiger partial charge in [-0.05, 0) is 31.2 Å². The number of nitrogens with one attached hydrogen (secondary N) is 1. The van der Waals surface area contributed by atoms with Gasteiger partial charge in [-0.25, -0.2) is 9.97 Å². The molecule has 1 N–H and O–H groups in total. The molecule has 3 rings (SSSR count). The predicted octanol–water partition coefficient (Wildman–Crippen LogP) is 3.90. The van der Waals surface area contributed by atoms with Gasteiger partial charge in [0, 0.05) is 18.3 Å². The molecular weight excluding hydrogens is 328 g/mol. The number of para-hydroxylation sites is 3. The number of hydrogen-bond acceptors (Lipinski definition) is 5. The van der Waals surface area contributed by atoms with E-state index in [1.165, 1.54) is 6.33 Å². The molecule has 1 heterocycles. The van der Waals surface area contributed by atoms with Gasteiger partial charge >= 0.3 is 0 Å². The molecule has 1 aromatic heterocycles. The van der Waals surface area contributed by atoms with Crippen molar-refractivity contribution in [2.45, 2.75) is 6.92 Å². The predicted molar refractivity (Wildman–Crippen MR) is 102 cm³/mol. The summed E-state index contributed by atoms with van der Waals surface area (Å²) in [4.78, 5) is 23.1. The van der Waals surface area contributed by atoms with E-state index in [4.69, 9.17) is 4.74 Å². The van der Waals surface area contributed by atoms with E-state index in [0.717, 1.165) is 5.69 Å². The number of methoxy groups -OCH3 is 1. The van der Waals surface area contributed by atoms with Gasteiger partial charge in [0.05, 0.1) is 12.8 Å². The van der Waals surface area contributed by atoms with E-state index in [2.05, 4.69) is 15.3 Å². The van der Waals surface area contributed by atoms with Gasteiger partial charge in [-0.1, -0.05) is 30.3 Å². The quantitative estimate of drug-likeness (QED) is 0.732. The van der Waals surface area contributed by atoms with Gasteiger partial charge in [0.25, 0.3) is 5.91 Å². The van der Waals surface area contributed by atoms with E-state index in [1.54, 1.807) is 25.3 Å². The minimum atomic E-state index is -0.317. The highest BCUT2D eigenvalue weighted by atomic mass is 16.5. The lowest BCUT2D eigenvalue weighted by Crippen LogP contribution is -2.20. The maximum atomic E-state index is 12.6. The SMILES string of the molecule is CCN(c1ccccc1)c1cc(C(=O)Nc2ccccc2OC)ncn1. The molecule has 0 fully saturated rings. The number of carbonyl (C=O) groups excluding carboxylic acids is 1.